The van der Waals surface area contributed by atoms with E-state index in [0.717, 1.165) is 6.07 Å². The highest BCUT2D eigenvalue weighted by atomic mass is 19.4. The Hall–Kier alpha value is -1.43. The molecule has 0 bridgehead atoms. The smallest absolute Gasteiger partial charge is 0.372 e. The van der Waals surface area contributed by atoms with Gasteiger partial charge in [0.15, 0.2) is 5.78 Å². The zero-order valence-corrected chi connectivity index (χ0v) is 9.68. The Labute approximate surface area is 102 Å². The summed E-state index contributed by atoms with van der Waals surface area (Å²) in [5, 5.41) is 0. The highest BCUT2D eigenvalue weighted by Crippen LogP contribution is 2.15. The van der Waals surface area contributed by atoms with Gasteiger partial charge in [-0.15, -0.1) is 0 Å². The fourth-order valence-electron chi connectivity index (χ4n) is 1.43. The number of hydrogen-bond donors (Lipinski definition) is 0. The van der Waals surface area contributed by atoms with Crippen molar-refractivity contribution in [2.24, 2.45) is 0 Å². The number of ketones is 1. The van der Waals surface area contributed by atoms with E-state index in [9.17, 15) is 22.4 Å². The SMILES string of the molecule is Cc1cc(F)ccc1C(=O)CCOCC(F)(F)F. The van der Waals surface area contributed by atoms with E-state index in [0.29, 0.717) is 11.1 Å². The van der Waals surface area contributed by atoms with Gasteiger partial charge in [-0.25, -0.2) is 4.39 Å². The van der Waals surface area contributed by atoms with E-state index in [1.54, 1.807) is 6.92 Å². The van der Waals surface area contributed by atoms with Crippen LogP contribution in [0.15, 0.2) is 18.2 Å². The third-order valence-corrected chi connectivity index (χ3v) is 2.23. The summed E-state index contributed by atoms with van der Waals surface area (Å²) in [6.45, 7) is -0.120. The van der Waals surface area contributed by atoms with Crippen molar-refractivity contribution in [2.75, 3.05) is 13.2 Å². The molecule has 100 valence electrons. The zero-order valence-electron chi connectivity index (χ0n) is 9.68. The third kappa shape index (κ3) is 4.83. The van der Waals surface area contributed by atoms with Gasteiger partial charge in [0.05, 0.1) is 6.61 Å². The largest absolute Gasteiger partial charge is 0.411 e. The van der Waals surface area contributed by atoms with Gasteiger partial charge < -0.3 is 4.74 Å². The molecule has 0 fully saturated rings. The molecule has 18 heavy (non-hydrogen) atoms. The van der Waals surface area contributed by atoms with E-state index in [1.807, 2.05) is 0 Å². The molecule has 0 unspecified atom stereocenters. The normalized spacial score (nSPS) is 11.6. The van der Waals surface area contributed by atoms with E-state index < -0.39 is 18.6 Å². The summed E-state index contributed by atoms with van der Waals surface area (Å²) in [4.78, 5) is 11.6. The Morgan fingerprint density at radius 3 is 2.56 bits per heavy atom. The molecular formula is C12H12F4O2. The minimum atomic E-state index is -4.39. The molecular weight excluding hydrogens is 252 g/mol. The zero-order chi connectivity index (χ0) is 13.8. The summed E-state index contributed by atoms with van der Waals surface area (Å²) < 4.78 is 52.4. The minimum Gasteiger partial charge on any atom is -0.372 e. The molecule has 0 spiro atoms. The second kappa shape index (κ2) is 5.95. The van der Waals surface area contributed by atoms with Crippen molar-refractivity contribution < 1.29 is 27.1 Å². The molecule has 0 aliphatic carbocycles. The van der Waals surface area contributed by atoms with Crippen LogP contribution in [0.5, 0.6) is 0 Å². The second-order valence-electron chi connectivity index (χ2n) is 3.80. The molecule has 6 heteroatoms. The van der Waals surface area contributed by atoms with Gasteiger partial charge in [0, 0.05) is 12.0 Å². The van der Waals surface area contributed by atoms with Crippen molar-refractivity contribution >= 4 is 5.78 Å². The first-order valence-electron chi connectivity index (χ1n) is 5.23. The summed E-state index contributed by atoms with van der Waals surface area (Å²) >= 11 is 0. The average molecular weight is 264 g/mol. The quantitative estimate of drug-likeness (QED) is 0.463. The summed E-state index contributed by atoms with van der Waals surface area (Å²) in [6, 6.07) is 3.65. The Kier molecular flexibility index (Phi) is 4.84. The molecule has 0 radical (unpaired) electrons. The van der Waals surface area contributed by atoms with Crippen LogP contribution in [-0.4, -0.2) is 25.2 Å². The van der Waals surface area contributed by atoms with Crippen molar-refractivity contribution in [1.82, 2.24) is 0 Å². The van der Waals surface area contributed by atoms with E-state index >= 15 is 0 Å². The lowest BCUT2D eigenvalue weighted by atomic mass is 10.0. The molecule has 1 rings (SSSR count). The van der Waals surface area contributed by atoms with Crippen LogP contribution in [0.3, 0.4) is 0 Å². The highest BCUT2D eigenvalue weighted by Gasteiger charge is 2.27. The molecule has 0 aliphatic heterocycles. The molecule has 0 N–H and O–H groups in total. The van der Waals surface area contributed by atoms with Crippen LogP contribution in [0.2, 0.25) is 0 Å². The number of alkyl halides is 3. The molecule has 0 aromatic heterocycles. The standard InChI is InChI=1S/C12H12F4O2/c1-8-6-9(13)2-3-10(8)11(17)4-5-18-7-12(14,15)16/h2-3,6H,4-5,7H2,1H3. The highest BCUT2D eigenvalue weighted by molar-refractivity contribution is 5.97. The fourth-order valence-corrected chi connectivity index (χ4v) is 1.43. The third-order valence-electron chi connectivity index (χ3n) is 2.23. The van der Waals surface area contributed by atoms with Gasteiger partial charge in [-0.05, 0) is 30.7 Å². The number of halogens is 4. The summed E-state index contributed by atoms with van der Waals surface area (Å²) in [5.41, 5.74) is 0.753. The number of aryl methyl sites for hydroxylation is 1. The Morgan fingerprint density at radius 1 is 1.33 bits per heavy atom. The predicted octanol–water partition coefficient (Wildman–Crippen LogP) is 3.29. The lowest BCUT2D eigenvalue weighted by Gasteiger charge is -2.08. The lowest BCUT2D eigenvalue weighted by Crippen LogP contribution is -2.18. The topological polar surface area (TPSA) is 26.3 Å². The maximum Gasteiger partial charge on any atom is 0.411 e. The molecule has 0 amide bonds. The molecule has 0 atom stereocenters. The van der Waals surface area contributed by atoms with Gasteiger partial charge >= 0.3 is 6.18 Å². The van der Waals surface area contributed by atoms with Crippen LogP contribution < -0.4 is 0 Å². The summed E-state index contributed by atoms with van der Waals surface area (Å²) in [7, 11) is 0. The first kappa shape index (κ1) is 14.6. The van der Waals surface area contributed by atoms with Crippen molar-refractivity contribution in [1.29, 1.82) is 0 Å². The maximum absolute atomic E-state index is 12.8. The van der Waals surface area contributed by atoms with E-state index in [2.05, 4.69) is 4.74 Å². The van der Waals surface area contributed by atoms with Gasteiger partial charge in [0.2, 0.25) is 0 Å². The van der Waals surface area contributed by atoms with Crippen molar-refractivity contribution in [2.45, 2.75) is 19.5 Å². The van der Waals surface area contributed by atoms with E-state index in [4.69, 9.17) is 0 Å². The van der Waals surface area contributed by atoms with Crippen molar-refractivity contribution in [3.8, 4) is 0 Å². The van der Waals surface area contributed by atoms with Crippen molar-refractivity contribution in [3.63, 3.8) is 0 Å². The molecule has 2 nitrogen and oxygen atoms in total. The Morgan fingerprint density at radius 2 is 2.00 bits per heavy atom. The maximum atomic E-state index is 12.8. The molecule has 1 aromatic carbocycles. The number of hydrogen-bond acceptors (Lipinski definition) is 2. The number of Topliss-reactive ketones (excluding diaryl/α,β-unsaturated/α-hetero) is 1. The van der Waals surface area contributed by atoms with Gasteiger partial charge in [-0.2, -0.15) is 13.2 Å². The fraction of sp³-hybridized carbons (Fsp3) is 0.417. The summed E-state index contributed by atoms with van der Waals surface area (Å²) in [6.07, 6.45) is -4.56. The van der Waals surface area contributed by atoms with E-state index in [-0.39, 0.29) is 18.8 Å². The second-order valence-corrected chi connectivity index (χ2v) is 3.80. The van der Waals surface area contributed by atoms with Crippen LogP contribution in [0.1, 0.15) is 22.3 Å². The van der Waals surface area contributed by atoms with Crippen molar-refractivity contribution in [3.05, 3.63) is 35.1 Å². The number of carbonyl (C=O) groups is 1. The number of rotatable bonds is 5. The molecule has 0 aliphatic rings. The van der Waals surface area contributed by atoms with Crippen LogP contribution in [0.25, 0.3) is 0 Å². The number of ether oxygens (including phenoxy) is 1. The summed E-state index contributed by atoms with van der Waals surface area (Å²) in [5.74, 6) is -0.827. The monoisotopic (exact) mass is 264 g/mol. The average Bonchev–Trinajstić information content (AvgIpc) is 2.22. The molecule has 0 saturated heterocycles. The number of carbonyl (C=O) groups excluding carboxylic acids is 1. The molecule has 1 aromatic rings. The van der Waals surface area contributed by atoms with Crippen LogP contribution in [0, 0.1) is 12.7 Å². The molecule has 0 heterocycles. The lowest BCUT2D eigenvalue weighted by molar-refractivity contribution is -0.173. The van der Waals surface area contributed by atoms with Gasteiger partial charge in [0.1, 0.15) is 12.4 Å². The van der Waals surface area contributed by atoms with Gasteiger partial charge in [0.25, 0.3) is 0 Å². The van der Waals surface area contributed by atoms with Gasteiger partial charge in [-0.1, -0.05) is 0 Å². The Balaban J connectivity index is 2.46. The molecule has 0 saturated carbocycles. The van der Waals surface area contributed by atoms with Crippen LogP contribution in [-0.2, 0) is 4.74 Å². The van der Waals surface area contributed by atoms with Crippen LogP contribution >= 0.6 is 0 Å². The first-order valence-corrected chi connectivity index (χ1v) is 5.23. The van der Waals surface area contributed by atoms with Gasteiger partial charge in [-0.3, -0.25) is 4.79 Å². The predicted molar refractivity (Wildman–Crippen MR) is 57.0 cm³/mol. The van der Waals surface area contributed by atoms with Crippen LogP contribution in [0.4, 0.5) is 17.6 Å². The Bertz CT molecular complexity index is 427. The van der Waals surface area contributed by atoms with E-state index in [1.165, 1.54) is 12.1 Å². The number of benzene rings is 1. The first-order chi connectivity index (χ1) is 8.29. The minimum absolute atomic E-state index is 0.164.